The fraction of sp³-hybridized carbons (Fsp3) is 0.435. The van der Waals surface area contributed by atoms with Crippen LogP contribution in [0, 0.1) is 12.7 Å². The Labute approximate surface area is 206 Å². The molecule has 0 unspecified atom stereocenters. The highest BCUT2D eigenvalue weighted by Crippen LogP contribution is 2.33. The lowest BCUT2D eigenvalue weighted by atomic mass is 10.1. The molecule has 1 aromatic heterocycles. The van der Waals surface area contributed by atoms with Gasteiger partial charge in [0.25, 0.3) is 5.91 Å². The summed E-state index contributed by atoms with van der Waals surface area (Å²) in [6, 6.07) is 4.70. The number of benzene rings is 1. The quantitative estimate of drug-likeness (QED) is 0.528. The Morgan fingerprint density at radius 1 is 1.21 bits per heavy atom. The molecule has 0 aliphatic carbocycles. The molecule has 1 aliphatic heterocycles. The van der Waals surface area contributed by atoms with Crippen LogP contribution in [0.4, 0.5) is 9.39 Å². The number of carbonyl (C=O) groups excluding carboxylic acids is 3. The van der Waals surface area contributed by atoms with Gasteiger partial charge in [0.15, 0.2) is 0 Å². The van der Waals surface area contributed by atoms with Gasteiger partial charge in [-0.25, -0.2) is 9.18 Å². The molecule has 2 heterocycles. The predicted octanol–water partition coefficient (Wildman–Crippen LogP) is 3.27. The third-order valence-electron chi connectivity index (χ3n) is 5.39. The van der Waals surface area contributed by atoms with Crippen LogP contribution in [0.1, 0.15) is 45.0 Å². The number of hydrogen-bond donors (Lipinski definition) is 2. The molecular formula is C23H28ClFN4O4S. The van der Waals surface area contributed by atoms with Crippen molar-refractivity contribution in [3.63, 3.8) is 0 Å². The van der Waals surface area contributed by atoms with E-state index in [0.29, 0.717) is 25.2 Å². The first-order valence-corrected chi connectivity index (χ1v) is 12.1. The number of halogens is 2. The largest absolute Gasteiger partial charge is 0.459 e. The predicted molar refractivity (Wildman–Crippen MR) is 130 cm³/mol. The molecule has 184 valence electrons. The van der Waals surface area contributed by atoms with Crippen LogP contribution in [0.3, 0.4) is 0 Å². The average Bonchev–Trinajstić information content (AvgIpc) is 3.07. The number of thiophene rings is 1. The van der Waals surface area contributed by atoms with Gasteiger partial charge in [0.2, 0.25) is 5.91 Å². The zero-order valence-corrected chi connectivity index (χ0v) is 20.9. The van der Waals surface area contributed by atoms with Crippen molar-refractivity contribution in [3.05, 3.63) is 50.6 Å². The molecule has 3 N–H and O–H groups in total. The minimum absolute atomic E-state index is 0.104. The molecule has 0 saturated carbocycles. The first kappa shape index (κ1) is 26.1. The number of hydrogen-bond acceptors (Lipinski definition) is 7. The van der Waals surface area contributed by atoms with Crippen molar-refractivity contribution < 1.29 is 23.5 Å². The van der Waals surface area contributed by atoms with Gasteiger partial charge < -0.3 is 15.8 Å². The van der Waals surface area contributed by atoms with E-state index in [-0.39, 0.29) is 39.0 Å². The van der Waals surface area contributed by atoms with E-state index in [0.717, 1.165) is 30.0 Å². The number of nitrogens with two attached hydrogens (primary N) is 1. The SMILES string of the molecule is Cc1c(C(N)=O)sc(NC(=O)CN2CCN(Cc3ccc(F)c(Cl)c3)CC2)c1C(=O)OC(C)C. The molecule has 34 heavy (non-hydrogen) atoms. The molecule has 1 saturated heterocycles. The first-order chi connectivity index (χ1) is 16.0. The minimum atomic E-state index is -0.667. The fourth-order valence-corrected chi connectivity index (χ4v) is 4.99. The summed E-state index contributed by atoms with van der Waals surface area (Å²) in [6.07, 6.45) is -0.352. The van der Waals surface area contributed by atoms with E-state index < -0.39 is 17.7 Å². The van der Waals surface area contributed by atoms with Crippen molar-refractivity contribution >= 4 is 45.7 Å². The smallest absolute Gasteiger partial charge is 0.341 e. The van der Waals surface area contributed by atoms with Crippen LogP contribution in [-0.2, 0) is 16.1 Å². The summed E-state index contributed by atoms with van der Waals surface area (Å²) in [5.74, 6) is -2.01. The number of ether oxygens (including phenoxy) is 1. The van der Waals surface area contributed by atoms with Crippen molar-refractivity contribution in [1.29, 1.82) is 0 Å². The lowest BCUT2D eigenvalue weighted by molar-refractivity contribution is -0.117. The number of amides is 2. The summed E-state index contributed by atoms with van der Waals surface area (Å²) >= 11 is 6.83. The molecule has 3 rings (SSSR count). The monoisotopic (exact) mass is 510 g/mol. The zero-order valence-electron chi connectivity index (χ0n) is 19.3. The van der Waals surface area contributed by atoms with Gasteiger partial charge >= 0.3 is 5.97 Å². The number of esters is 1. The molecule has 0 atom stereocenters. The van der Waals surface area contributed by atoms with Gasteiger partial charge in [0.05, 0.1) is 28.1 Å². The highest BCUT2D eigenvalue weighted by Gasteiger charge is 2.27. The van der Waals surface area contributed by atoms with Crippen LogP contribution < -0.4 is 11.1 Å². The summed E-state index contributed by atoms with van der Waals surface area (Å²) in [4.78, 5) is 41.5. The molecule has 1 aliphatic rings. The van der Waals surface area contributed by atoms with Gasteiger partial charge in [-0.2, -0.15) is 0 Å². The maximum Gasteiger partial charge on any atom is 0.341 e. The zero-order chi connectivity index (χ0) is 25.0. The van der Waals surface area contributed by atoms with E-state index in [4.69, 9.17) is 22.1 Å². The van der Waals surface area contributed by atoms with Crippen LogP contribution in [0.5, 0.6) is 0 Å². The number of nitrogens with one attached hydrogen (secondary N) is 1. The number of nitrogens with zero attached hydrogens (tertiary/aromatic N) is 2. The number of piperazine rings is 1. The molecule has 2 aromatic rings. The summed E-state index contributed by atoms with van der Waals surface area (Å²) in [5.41, 5.74) is 6.91. The molecule has 1 aromatic carbocycles. The second-order valence-corrected chi connectivity index (χ2v) is 9.86. The van der Waals surface area contributed by atoms with E-state index in [9.17, 15) is 18.8 Å². The van der Waals surface area contributed by atoms with E-state index in [1.807, 2.05) is 4.90 Å². The summed E-state index contributed by atoms with van der Waals surface area (Å²) in [5, 5.41) is 3.12. The van der Waals surface area contributed by atoms with Crippen LogP contribution in [0.15, 0.2) is 18.2 Å². The molecular weight excluding hydrogens is 483 g/mol. The van der Waals surface area contributed by atoms with Crippen molar-refractivity contribution in [2.75, 3.05) is 38.0 Å². The Kier molecular flexibility index (Phi) is 8.64. The third-order valence-corrected chi connectivity index (χ3v) is 6.90. The summed E-state index contributed by atoms with van der Waals surface area (Å²) in [7, 11) is 0. The number of carbonyl (C=O) groups is 3. The Hall–Kier alpha value is -2.53. The lowest BCUT2D eigenvalue weighted by Gasteiger charge is -2.34. The van der Waals surface area contributed by atoms with Crippen molar-refractivity contribution in [1.82, 2.24) is 9.80 Å². The van der Waals surface area contributed by atoms with Crippen LogP contribution in [0.2, 0.25) is 5.02 Å². The third kappa shape index (κ3) is 6.53. The molecule has 11 heteroatoms. The van der Waals surface area contributed by atoms with E-state index in [2.05, 4.69) is 10.2 Å². The van der Waals surface area contributed by atoms with Crippen LogP contribution in [0.25, 0.3) is 0 Å². The average molecular weight is 511 g/mol. The van der Waals surface area contributed by atoms with E-state index >= 15 is 0 Å². The van der Waals surface area contributed by atoms with Crippen LogP contribution >= 0.6 is 22.9 Å². The normalized spacial score (nSPS) is 14.9. The Balaban J connectivity index is 1.58. The van der Waals surface area contributed by atoms with Crippen molar-refractivity contribution in [2.24, 2.45) is 5.73 Å². The van der Waals surface area contributed by atoms with Gasteiger partial charge in [0, 0.05) is 32.7 Å². The molecule has 0 bridgehead atoms. The molecule has 0 radical (unpaired) electrons. The van der Waals surface area contributed by atoms with Gasteiger partial charge in [-0.05, 0) is 44.0 Å². The van der Waals surface area contributed by atoms with Crippen molar-refractivity contribution in [3.8, 4) is 0 Å². The highest BCUT2D eigenvalue weighted by molar-refractivity contribution is 7.18. The van der Waals surface area contributed by atoms with Gasteiger partial charge in [-0.1, -0.05) is 17.7 Å². The maximum atomic E-state index is 13.4. The van der Waals surface area contributed by atoms with Gasteiger partial charge in [0.1, 0.15) is 10.8 Å². The van der Waals surface area contributed by atoms with Gasteiger partial charge in [-0.15, -0.1) is 11.3 Å². The van der Waals surface area contributed by atoms with Gasteiger partial charge in [-0.3, -0.25) is 19.4 Å². The standard InChI is InChI=1S/C23H28ClFN4O4S/c1-13(2)33-23(32)19-14(3)20(21(26)31)34-22(19)27-18(30)12-29-8-6-28(7-9-29)11-15-4-5-17(25)16(24)10-15/h4-5,10,13H,6-9,11-12H2,1-3H3,(H2,26,31)(H,27,30). The summed E-state index contributed by atoms with van der Waals surface area (Å²) in [6.45, 7) is 8.63. The highest BCUT2D eigenvalue weighted by atomic mass is 35.5. The second kappa shape index (κ2) is 11.3. The van der Waals surface area contributed by atoms with E-state index in [1.54, 1.807) is 32.9 Å². The molecule has 8 nitrogen and oxygen atoms in total. The fourth-order valence-electron chi connectivity index (χ4n) is 3.73. The Morgan fingerprint density at radius 3 is 2.44 bits per heavy atom. The molecule has 1 fully saturated rings. The Morgan fingerprint density at radius 2 is 1.85 bits per heavy atom. The minimum Gasteiger partial charge on any atom is -0.459 e. The molecule has 0 spiro atoms. The van der Waals surface area contributed by atoms with E-state index in [1.165, 1.54) is 6.07 Å². The second-order valence-electron chi connectivity index (χ2n) is 8.43. The number of primary amides is 1. The topological polar surface area (TPSA) is 105 Å². The number of rotatable bonds is 8. The Bertz CT molecular complexity index is 1080. The maximum absolute atomic E-state index is 13.4. The molecule has 2 amide bonds. The van der Waals surface area contributed by atoms with Crippen LogP contribution in [-0.4, -0.2) is 66.4 Å². The summed E-state index contributed by atoms with van der Waals surface area (Å²) < 4.78 is 18.6. The lowest BCUT2D eigenvalue weighted by Crippen LogP contribution is -2.48. The van der Waals surface area contributed by atoms with Crippen molar-refractivity contribution in [2.45, 2.75) is 33.4 Å². The number of anilines is 1. The first-order valence-electron chi connectivity index (χ1n) is 10.9.